The molecule has 108 valence electrons. The first-order valence-corrected chi connectivity index (χ1v) is 7.07. The molecular weight excluding hydrogens is 275 g/mol. The Kier molecular flexibility index (Phi) is 3.83. The maximum absolute atomic E-state index is 11.5. The van der Waals surface area contributed by atoms with E-state index >= 15 is 0 Å². The standard InChI is InChI=1S/C16H15BN4O/c1-2-18-16(22)21-15-19-13-9-11(8-12(17)14(13)20-15)10-6-4-3-5-7-10/h3-9H,2H2,1H3,(H3,18,19,20,21,22). The number of aromatic nitrogens is 2. The molecule has 0 bridgehead atoms. The van der Waals surface area contributed by atoms with Crippen molar-refractivity contribution in [2.45, 2.75) is 6.92 Å². The summed E-state index contributed by atoms with van der Waals surface area (Å²) < 4.78 is 0. The van der Waals surface area contributed by atoms with Gasteiger partial charge < -0.3 is 10.3 Å². The molecule has 0 saturated carbocycles. The predicted molar refractivity (Wildman–Crippen MR) is 89.6 cm³/mol. The molecule has 0 spiro atoms. The quantitative estimate of drug-likeness (QED) is 0.647. The Labute approximate surface area is 129 Å². The minimum Gasteiger partial charge on any atom is -0.338 e. The van der Waals surface area contributed by atoms with Crippen LogP contribution in [0.25, 0.3) is 22.2 Å². The number of benzene rings is 2. The second kappa shape index (κ2) is 5.93. The van der Waals surface area contributed by atoms with Crippen LogP contribution in [0, 0.1) is 0 Å². The highest BCUT2D eigenvalue weighted by atomic mass is 16.2. The van der Waals surface area contributed by atoms with E-state index in [2.05, 4.69) is 20.6 Å². The van der Waals surface area contributed by atoms with Gasteiger partial charge in [0.15, 0.2) is 0 Å². The molecule has 3 aromatic rings. The number of hydrogen-bond acceptors (Lipinski definition) is 2. The van der Waals surface area contributed by atoms with Crippen molar-refractivity contribution in [3.63, 3.8) is 0 Å². The van der Waals surface area contributed by atoms with Gasteiger partial charge in [0.05, 0.1) is 11.0 Å². The fourth-order valence-corrected chi connectivity index (χ4v) is 2.31. The summed E-state index contributed by atoms with van der Waals surface area (Å²) in [6.45, 7) is 2.40. The van der Waals surface area contributed by atoms with Crippen LogP contribution in [-0.2, 0) is 0 Å². The molecule has 3 N–H and O–H groups in total. The fraction of sp³-hybridized carbons (Fsp3) is 0.125. The highest BCUT2D eigenvalue weighted by molar-refractivity contribution is 6.38. The largest absolute Gasteiger partial charge is 0.338 e. The number of H-pyrrole nitrogens is 1. The van der Waals surface area contributed by atoms with Crippen molar-refractivity contribution in [1.82, 2.24) is 15.3 Å². The molecule has 1 aromatic heterocycles. The van der Waals surface area contributed by atoms with Crippen molar-refractivity contribution in [3.05, 3.63) is 42.5 Å². The van der Waals surface area contributed by atoms with Gasteiger partial charge in [-0.25, -0.2) is 9.78 Å². The first-order valence-electron chi connectivity index (χ1n) is 7.07. The summed E-state index contributed by atoms with van der Waals surface area (Å²) in [5.74, 6) is 0.373. The molecule has 6 heteroatoms. The Hall–Kier alpha value is -2.76. The van der Waals surface area contributed by atoms with Crippen LogP contribution in [-0.4, -0.2) is 30.4 Å². The van der Waals surface area contributed by atoms with E-state index in [-0.39, 0.29) is 6.03 Å². The van der Waals surface area contributed by atoms with Crippen molar-refractivity contribution in [2.24, 2.45) is 0 Å². The molecule has 2 aromatic carbocycles. The summed E-state index contributed by atoms with van der Waals surface area (Å²) in [6, 6.07) is 13.5. The van der Waals surface area contributed by atoms with Crippen LogP contribution in [0.3, 0.4) is 0 Å². The zero-order valence-electron chi connectivity index (χ0n) is 12.2. The molecule has 22 heavy (non-hydrogen) atoms. The minimum absolute atomic E-state index is 0.302. The summed E-state index contributed by atoms with van der Waals surface area (Å²) in [5.41, 5.74) is 4.07. The molecular formula is C16H15BN4O. The van der Waals surface area contributed by atoms with Crippen molar-refractivity contribution in [1.29, 1.82) is 0 Å². The van der Waals surface area contributed by atoms with E-state index in [0.29, 0.717) is 23.5 Å². The molecule has 0 atom stereocenters. The number of nitrogens with one attached hydrogen (secondary N) is 3. The first-order chi connectivity index (χ1) is 10.7. The fourth-order valence-electron chi connectivity index (χ4n) is 2.31. The van der Waals surface area contributed by atoms with E-state index < -0.39 is 0 Å². The number of urea groups is 1. The number of aromatic amines is 1. The maximum atomic E-state index is 11.5. The lowest BCUT2D eigenvalue weighted by molar-refractivity contribution is 0.252. The van der Waals surface area contributed by atoms with Gasteiger partial charge in [0.1, 0.15) is 7.85 Å². The topological polar surface area (TPSA) is 69.8 Å². The average Bonchev–Trinajstić information content (AvgIpc) is 2.91. The smallest absolute Gasteiger partial charge is 0.321 e. The van der Waals surface area contributed by atoms with Crippen LogP contribution in [0.15, 0.2) is 42.5 Å². The summed E-state index contributed by atoms with van der Waals surface area (Å²) in [6.07, 6.45) is 0. The predicted octanol–water partition coefficient (Wildman–Crippen LogP) is 2.17. The second-order valence-electron chi connectivity index (χ2n) is 4.90. The van der Waals surface area contributed by atoms with Gasteiger partial charge in [-0.2, -0.15) is 0 Å². The molecule has 3 rings (SSSR count). The van der Waals surface area contributed by atoms with Gasteiger partial charge in [-0.1, -0.05) is 41.9 Å². The van der Waals surface area contributed by atoms with Crippen molar-refractivity contribution in [2.75, 3.05) is 11.9 Å². The number of anilines is 1. The van der Waals surface area contributed by atoms with E-state index in [1.807, 2.05) is 49.4 Å². The number of carbonyl (C=O) groups excluding carboxylic acids is 1. The van der Waals surface area contributed by atoms with Crippen LogP contribution < -0.4 is 16.1 Å². The number of hydrogen-bond donors (Lipinski definition) is 3. The lowest BCUT2D eigenvalue weighted by Gasteiger charge is -2.03. The van der Waals surface area contributed by atoms with E-state index in [9.17, 15) is 4.79 Å². The Morgan fingerprint density at radius 2 is 2.00 bits per heavy atom. The van der Waals surface area contributed by atoms with Gasteiger partial charge >= 0.3 is 6.03 Å². The van der Waals surface area contributed by atoms with Gasteiger partial charge in [-0.05, 0) is 24.1 Å². The normalized spacial score (nSPS) is 10.6. The Bertz CT molecular complexity index is 814. The van der Waals surface area contributed by atoms with Crippen molar-refractivity contribution in [3.8, 4) is 11.1 Å². The van der Waals surface area contributed by atoms with Crippen LogP contribution >= 0.6 is 0 Å². The molecule has 0 fully saturated rings. The number of amides is 2. The number of imidazole rings is 1. The number of nitrogens with zero attached hydrogens (tertiary/aromatic N) is 1. The van der Waals surface area contributed by atoms with Gasteiger partial charge in [-0.3, -0.25) is 5.32 Å². The summed E-state index contributed by atoms with van der Waals surface area (Å²) >= 11 is 0. The first kappa shape index (κ1) is 14.2. The zero-order valence-corrected chi connectivity index (χ0v) is 12.2. The van der Waals surface area contributed by atoms with Gasteiger partial charge in [0, 0.05) is 6.54 Å². The molecule has 5 nitrogen and oxygen atoms in total. The SMILES string of the molecule is [B]c1cc(-c2ccccc2)cc2[nH]c(NC(=O)NCC)nc12. The third-order valence-corrected chi connectivity index (χ3v) is 3.29. The summed E-state index contributed by atoms with van der Waals surface area (Å²) in [4.78, 5) is 18.9. The molecule has 0 aliphatic rings. The molecule has 1 heterocycles. The zero-order chi connectivity index (χ0) is 15.5. The molecule has 0 saturated heterocycles. The van der Waals surface area contributed by atoms with Crippen molar-refractivity contribution < 1.29 is 4.79 Å². The lowest BCUT2D eigenvalue weighted by atomic mass is 9.90. The highest BCUT2D eigenvalue weighted by Crippen LogP contribution is 2.22. The van der Waals surface area contributed by atoms with E-state index in [1.54, 1.807) is 0 Å². The third-order valence-electron chi connectivity index (χ3n) is 3.29. The number of fused-ring (bicyclic) bond motifs is 1. The van der Waals surface area contributed by atoms with E-state index in [4.69, 9.17) is 7.85 Å². The molecule has 0 unspecified atom stereocenters. The van der Waals surface area contributed by atoms with Crippen LogP contribution in [0.5, 0.6) is 0 Å². The summed E-state index contributed by atoms with van der Waals surface area (Å²) in [7, 11) is 6.09. The number of carbonyl (C=O) groups is 1. The molecule has 2 amide bonds. The van der Waals surface area contributed by atoms with E-state index in [0.717, 1.165) is 16.6 Å². The Balaban J connectivity index is 1.98. The molecule has 0 aliphatic heterocycles. The van der Waals surface area contributed by atoms with Crippen LogP contribution in [0.1, 0.15) is 6.92 Å². The maximum Gasteiger partial charge on any atom is 0.321 e. The lowest BCUT2D eigenvalue weighted by Crippen LogP contribution is -2.28. The molecule has 2 radical (unpaired) electrons. The van der Waals surface area contributed by atoms with Crippen LogP contribution in [0.2, 0.25) is 0 Å². The third kappa shape index (κ3) is 2.81. The minimum atomic E-state index is -0.302. The second-order valence-corrected chi connectivity index (χ2v) is 4.90. The van der Waals surface area contributed by atoms with Gasteiger partial charge in [-0.15, -0.1) is 0 Å². The van der Waals surface area contributed by atoms with Gasteiger partial charge in [0.25, 0.3) is 0 Å². The average molecular weight is 290 g/mol. The van der Waals surface area contributed by atoms with Crippen molar-refractivity contribution >= 4 is 36.3 Å². The summed E-state index contributed by atoms with van der Waals surface area (Å²) in [5, 5.41) is 5.30. The highest BCUT2D eigenvalue weighted by Gasteiger charge is 2.09. The van der Waals surface area contributed by atoms with Gasteiger partial charge in [0.2, 0.25) is 5.95 Å². The number of rotatable bonds is 3. The van der Waals surface area contributed by atoms with E-state index in [1.165, 1.54) is 0 Å². The monoisotopic (exact) mass is 290 g/mol. The van der Waals surface area contributed by atoms with Crippen LogP contribution in [0.4, 0.5) is 10.7 Å². The Morgan fingerprint density at radius 3 is 2.73 bits per heavy atom. The Morgan fingerprint density at radius 1 is 1.23 bits per heavy atom. The molecule has 0 aliphatic carbocycles.